The average Bonchev–Trinajstić information content (AvgIpc) is 3.03. The number of nitrogens with two attached hydrogens (primary N) is 1. The highest BCUT2D eigenvalue weighted by molar-refractivity contribution is 5.80. The Kier molecular flexibility index (Phi) is 7.35. The van der Waals surface area contributed by atoms with E-state index in [1.807, 2.05) is 22.8 Å². The number of likely N-dealkylation sites (N-methyl/N-ethyl adjacent to an activating group) is 2. The molecule has 0 amide bonds. The Morgan fingerprint density at radius 2 is 1.77 bits per heavy atom. The average molecular weight is 480 g/mol. The molecule has 0 spiro atoms. The number of benzene rings is 1. The molecule has 1 aliphatic rings. The van der Waals surface area contributed by atoms with Gasteiger partial charge >= 0.3 is 5.69 Å². The van der Waals surface area contributed by atoms with E-state index in [4.69, 9.17) is 10.7 Å². The minimum Gasteiger partial charge on any atom is -0.398 e. The van der Waals surface area contributed by atoms with E-state index < -0.39 is 0 Å². The first-order valence-corrected chi connectivity index (χ1v) is 12.6. The molecule has 4 rings (SSSR count). The number of pyridine rings is 1. The Hall–Kier alpha value is -2.68. The molecule has 0 saturated carbocycles. The Balaban J connectivity index is 1.52. The van der Waals surface area contributed by atoms with Crippen molar-refractivity contribution in [3.8, 4) is 11.3 Å². The van der Waals surface area contributed by atoms with Crippen LogP contribution in [0.5, 0.6) is 0 Å². The lowest BCUT2D eigenvalue weighted by atomic mass is 9.97. The van der Waals surface area contributed by atoms with Crippen molar-refractivity contribution >= 4 is 16.9 Å². The fourth-order valence-corrected chi connectivity index (χ4v) is 4.75. The lowest BCUT2D eigenvalue weighted by molar-refractivity contribution is 0.139. The topological polar surface area (TPSA) is 75.6 Å². The summed E-state index contributed by atoms with van der Waals surface area (Å²) in [5.41, 5.74) is 11.5. The van der Waals surface area contributed by atoms with E-state index in [1.54, 1.807) is 11.6 Å². The quantitative estimate of drug-likeness (QED) is 0.525. The van der Waals surface area contributed by atoms with Gasteiger partial charge < -0.3 is 15.5 Å². The zero-order chi connectivity index (χ0) is 25.3. The predicted molar refractivity (Wildman–Crippen MR) is 145 cm³/mol. The summed E-state index contributed by atoms with van der Waals surface area (Å²) < 4.78 is 3.46. The van der Waals surface area contributed by atoms with Crippen molar-refractivity contribution in [2.45, 2.75) is 33.9 Å². The minimum atomic E-state index is -0.0386. The van der Waals surface area contributed by atoms with Crippen LogP contribution in [0.1, 0.15) is 26.3 Å². The van der Waals surface area contributed by atoms with E-state index in [2.05, 4.69) is 61.7 Å². The molecule has 3 aromatic rings. The fourth-order valence-electron chi connectivity index (χ4n) is 4.75. The monoisotopic (exact) mass is 479 g/mol. The van der Waals surface area contributed by atoms with Gasteiger partial charge in [0.1, 0.15) is 0 Å². The van der Waals surface area contributed by atoms with Crippen molar-refractivity contribution in [3.63, 3.8) is 0 Å². The van der Waals surface area contributed by atoms with Gasteiger partial charge in [-0.15, -0.1) is 0 Å². The van der Waals surface area contributed by atoms with E-state index in [0.29, 0.717) is 17.9 Å². The number of anilines is 1. The molecule has 2 N–H and O–H groups in total. The van der Waals surface area contributed by atoms with Crippen LogP contribution in [0, 0.1) is 5.41 Å². The zero-order valence-electron chi connectivity index (χ0n) is 22.2. The van der Waals surface area contributed by atoms with Crippen molar-refractivity contribution in [2.24, 2.45) is 12.5 Å². The molecule has 2 aromatic heterocycles. The Bertz CT molecular complexity index is 1230. The van der Waals surface area contributed by atoms with Crippen LogP contribution >= 0.6 is 0 Å². The van der Waals surface area contributed by atoms with E-state index in [1.165, 1.54) is 5.56 Å². The maximum Gasteiger partial charge on any atom is 0.330 e. The third kappa shape index (κ3) is 5.94. The van der Waals surface area contributed by atoms with Gasteiger partial charge in [-0.3, -0.25) is 14.0 Å². The Morgan fingerprint density at radius 3 is 2.46 bits per heavy atom. The second-order valence-corrected chi connectivity index (χ2v) is 11.3. The van der Waals surface area contributed by atoms with Gasteiger partial charge in [0.15, 0.2) is 5.65 Å². The maximum atomic E-state index is 12.9. The number of hydrogen-bond donors (Lipinski definition) is 1. The van der Waals surface area contributed by atoms with Crippen LogP contribution < -0.4 is 11.4 Å². The number of aryl methyl sites for hydroxylation is 1. The van der Waals surface area contributed by atoms with Gasteiger partial charge in [-0.05, 0) is 49.3 Å². The second kappa shape index (κ2) is 10.1. The maximum absolute atomic E-state index is 12.9. The smallest absolute Gasteiger partial charge is 0.330 e. The first-order valence-electron chi connectivity index (χ1n) is 12.6. The summed E-state index contributed by atoms with van der Waals surface area (Å²) in [5.74, 6) is 0. The highest BCUT2D eigenvalue weighted by Crippen LogP contribution is 2.28. The molecule has 190 valence electrons. The molecule has 0 aliphatic carbocycles. The zero-order valence-corrected chi connectivity index (χ0v) is 22.2. The first kappa shape index (κ1) is 25.4. The summed E-state index contributed by atoms with van der Waals surface area (Å²) in [7, 11) is 6.15. The van der Waals surface area contributed by atoms with Gasteiger partial charge in [0.25, 0.3) is 0 Å². The molecule has 8 heteroatoms. The molecule has 1 aliphatic heterocycles. The van der Waals surface area contributed by atoms with Crippen molar-refractivity contribution in [2.75, 3.05) is 59.1 Å². The van der Waals surface area contributed by atoms with Crippen LogP contribution in [0.4, 0.5) is 5.69 Å². The van der Waals surface area contributed by atoms with Crippen molar-refractivity contribution < 1.29 is 0 Å². The largest absolute Gasteiger partial charge is 0.398 e. The number of nitrogen functional groups attached to an aromatic ring is 1. The van der Waals surface area contributed by atoms with Gasteiger partial charge in [-0.1, -0.05) is 26.8 Å². The molecule has 35 heavy (non-hydrogen) atoms. The van der Waals surface area contributed by atoms with Crippen LogP contribution in [0.2, 0.25) is 0 Å². The molecule has 0 bridgehead atoms. The number of fused-ring (bicyclic) bond motifs is 1. The first-order chi connectivity index (χ1) is 16.5. The minimum absolute atomic E-state index is 0.00802. The molecular formula is C27H41N7O. The summed E-state index contributed by atoms with van der Waals surface area (Å²) in [5, 5.41) is 0. The summed E-state index contributed by atoms with van der Waals surface area (Å²) in [6, 6.07) is 10.2. The summed E-state index contributed by atoms with van der Waals surface area (Å²) >= 11 is 0. The van der Waals surface area contributed by atoms with Crippen LogP contribution in [-0.4, -0.2) is 82.2 Å². The molecular weight excluding hydrogens is 438 g/mol. The van der Waals surface area contributed by atoms with Gasteiger partial charge in [0.05, 0.1) is 11.2 Å². The highest BCUT2D eigenvalue weighted by atomic mass is 16.1. The SMILES string of the molecule is CN1CCN(CCN(C)Cc2ccc(N)c(-c3ccc4c(n3)n(C)c(=O)n4CC(C)(C)C)c2)CC1. The summed E-state index contributed by atoms with van der Waals surface area (Å²) in [4.78, 5) is 25.1. The number of aromatic nitrogens is 3. The fraction of sp³-hybridized carbons (Fsp3) is 0.556. The van der Waals surface area contributed by atoms with E-state index in [9.17, 15) is 4.79 Å². The molecule has 1 fully saturated rings. The Morgan fingerprint density at radius 1 is 1.06 bits per heavy atom. The second-order valence-electron chi connectivity index (χ2n) is 11.3. The molecule has 0 atom stereocenters. The molecule has 8 nitrogen and oxygen atoms in total. The van der Waals surface area contributed by atoms with E-state index >= 15 is 0 Å². The van der Waals surface area contributed by atoms with Crippen LogP contribution in [0.25, 0.3) is 22.4 Å². The normalized spacial score (nSPS) is 16.0. The lowest BCUT2D eigenvalue weighted by Crippen LogP contribution is -2.46. The molecule has 1 aromatic carbocycles. The van der Waals surface area contributed by atoms with Crippen LogP contribution in [-0.2, 0) is 20.1 Å². The third-order valence-electron chi connectivity index (χ3n) is 6.85. The number of hydrogen-bond acceptors (Lipinski definition) is 6. The Labute approximate surface area is 208 Å². The van der Waals surface area contributed by atoms with Gasteiger partial charge in [0.2, 0.25) is 0 Å². The summed E-state index contributed by atoms with van der Waals surface area (Å²) in [6.45, 7) is 14.6. The number of rotatable bonds is 7. The van der Waals surface area contributed by atoms with E-state index in [0.717, 1.165) is 62.6 Å². The van der Waals surface area contributed by atoms with E-state index in [-0.39, 0.29) is 11.1 Å². The third-order valence-corrected chi connectivity index (χ3v) is 6.85. The number of imidazole rings is 1. The van der Waals surface area contributed by atoms with Gasteiger partial charge in [-0.25, -0.2) is 9.78 Å². The van der Waals surface area contributed by atoms with Crippen molar-refractivity contribution in [3.05, 3.63) is 46.4 Å². The summed E-state index contributed by atoms with van der Waals surface area (Å²) in [6.07, 6.45) is 0. The number of piperazine rings is 1. The highest BCUT2D eigenvalue weighted by Gasteiger charge is 2.19. The predicted octanol–water partition coefficient (Wildman–Crippen LogP) is 2.71. The molecule has 1 saturated heterocycles. The molecule has 0 unspecified atom stereocenters. The standard InChI is InChI=1S/C27H41N7O/c1-27(2,3)19-34-24-10-9-23(29-25(24)32(6)26(34)35)21-17-20(7-8-22(21)28)18-31(5)13-16-33-14-11-30(4)12-15-33/h7-10,17H,11-16,18-19,28H2,1-6H3. The van der Waals surface area contributed by atoms with Gasteiger partial charge in [-0.2, -0.15) is 0 Å². The molecule has 0 radical (unpaired) electrons. The van der Waals surface area contributed by atoms with Crippen LogP contribution in [0.15, 0.2) is 35.1 Å². The number of nitrogens with zero attached hydrogens (tertiary/aromatic N) is 6. The van der Waals surface area contributed by atoms with Gasteiger partial charge in [0, 0.05) is 70.7 Å². The molecule has 3 heterocycles. The lowest BCUT2D eigenvalue weighted by Gasteiger charge is -2.33. The van der Waals surface area contributed by atoms with Crippen molar-refractivity contribution in [1.29, 1.82) is 0 Å². The van der Waals surface area contributed by atoms with Crippen LogP contribution in [0.3, 0.4) is 0 Å². The van der Waals surface area contributed by atoms with Crippen molar-refractivity contribution in [1.82, 2.24) is 28.8 Å².